The smallest absolute Gasteiger partial charge is 0.417 e. The van der Waals surface area contributed by atoms with Crippen LogP contribution < -0.4 is 4.90 Å². The van der Waals surface area contributed by atoms with Crippen molar-refractivity contribution in [1.29, 1.82) is 0 Å². The van der Waals surface area contributed by atoms with Crippen molar-refractivity contribution in [2.24, 2.45) is 10.5 Å². The van der Waals surface area contributed by atoms with Gasteiger partial charge in [-0.05, 0) is 50.2 Å². The minimum Gasteiger partial charge on any atom is -0.465 e. The van der Waals surface area contributed by atoms with E-state index in [1.807, 2.05) is 0 Å². The van der Waals surface area contributed by atoms with Gasteiger partial charge in [0.2, 0.25) is 0 Å². The van der Waals surface area contributed by atoms with E-state index in [4.69, 9.17) is 16.3 Å². The van der Waals surface area contributed by atoms with Crippen molar-refractivity contribution < 1.29 is 40.7 Å². The predicted octanol–water partition coefficient (Wildman–Crippen LogP) is 6.22. The van der Waals surface area contributed by atoms with E-state index in [-0.39, 0.29) is 30.1 Å². The molecule has 0 fully saturated rings. The number of hydrogen-bond donors (Lipinski definition) is 0. The van der Waals surface area contributed by atoms with Crippen LogP contribution in [-0.4, -0.2) is 42.9 Å². The topological polar surface area (TPSA) is 62.2 Å². The molecule has 2 aromatic carbocycles. The summed E-state index contributed by atoms with van der Waals surface area (Å²) < 4.78 is 83.1. The number of halogens is 7. The van der Waals surface area contributed by atoms with E-state index < -0.39 is 45.9 Å². The molecule has 1 heterocycles. The number of amides is 2. The number of hydrazone groups is 1. The van der Waals surface area contributed by atoms with E-state index >= 15 is 0 Å². The fraction of sp³-hybridized carbons (Fsp3) is 0.348. The van der Waals surface area contributed by atoms with E-state index in [1.165, 1.54) is 14.0 Å². The highest BCUT2D eigenvalue weighted by atomic mass is 35.5. The van der Waals surface area contributed by atoms with E-state index in [9.17, 15) is 35.9 Å². The van der Waals surface area contributed by atoms with E-state index in [0.717, 1.165) is 52.4 Å². The van der Waals surface area contributed by atoms with Crippen LogP contribution in [0.2, 0.25) is 5.02 Å². The van der Waals surface area contributed by atoms with Crippen LogP contribution >= 0.6 is 11.6 Å². The molecule has 1 atom stereocenters. The highest BCUT2D eigenvalue weighted by Gasteiger charge is 2.49. The van der Waals surface area contributed by atoms with Gasteiger partial charge in [-0.25, -0.2) is 9.80 Å². The highest BCUT2D eigenvalue weighted by molar-refractivity contribution is 6.32. The zero-order chi connectivity index (χ0) is 27.1. The second kappa shape index (κ2) is 9.64. The summed E-state index contributed by atoms with van der Waals surface area (Å²) in [4.78, 5) is 27.0. The largest absolute Gasteiger partial charge is 0.465 e. The molecule has 2 amide bonds. The first kappa shape index (κ1) is 27.3. The summed E-state index contributed by atoms with van der Waals surface area (Å²) in [6.45, 7) is 2.64. The fourth-order valence-electron chi connectivity index (χ4n) is 3.63. The first-order valence-electron chi connectivity index (χ1n) is 10.5. The van der Waals surface area contributed by atoms with Crippen molar-refractivity contribution in [2.45, 2.75) is 26.2 Å². The molecule has 0 saturated carbocycles. The lowest BCUT2D eigenvalue weighted by molar-refractivity contribution is -0.150. The molecule has 1 aliphatic heterocycles. The summed E-state index contributed by atoms with van der Waals surface area (Å²) >= 11 is 5.84. The van der Waals surface area contributed by atoms with Gasteiger partial charge in [0.1, 0.15) is 5.41 Å². The van der Waals surface area contributed by atoms with Crippen LogP contribution in [0.25, 0.3) is 0 Å². The van der Waals surface area contributed by atoms with Crippen LogP contribution in [0.5, 0.6) is 0 Å². The van der Waals surface area contributed by atoms with Gasteiger partial charge < -0.3 is 4.74 Å². The third kappa shape index (κ3) is 5.28. The van der Waals surface area contributed by atoms with Crippen molar-refractivity contribution >= 4 is 35.0 Å². The zero-order valence-corrected chi connectivity index (χ0v) is 19.9. The molecule has 0 aliphatic carbocycles. The lowest BCUT2D eigenvalue weighted by atomic mass is 9.82. The van der Waals surface area contributed by atoms with E-state index in [0.29, 0.717) is 0 Å². The Morgan fingerprint density at radius 2 is 1.69 bits per heavy atom. The van der Waals surface area contributed by atoms with Gasteiger partial charge in [0, 0.05) is 18.3 Å². The summed E-state index contributed by atoms with van der Waals surface area (Å²) in [5, 5.41) is 4.46. The molecule has 0 saturated heterocycles. The minimum atomic E-state index is -4.70. The van der Waals surface area contributed by atoms with Gasteiger partial charge in [-0.2, -0.15) is 31.4 Å². The molecule has 1 unspecified atom stereocenters. The second-order valence-electron chi connectivity index (χ2n) is 8.14. The Morgan fingerprint density at radius 3 is 2.19 bits per heavy atom. The van der Waals surface area contributed by atoms with Gasteiger partial charge in [-0.3, -0.25) is 9.69 Å². The van der Waals surface area contributed by atoms with E-state index in [1.54, 1.807) is 6.92 Å². The lowest BCUT2D eigenvalue weighted by Crippen LogP contribution is -2.44. The third-order valence-electron chi connectivity index (χ3n) is 5.57. The number of esters is 1. The molecular formula is C23H20ClF6N3O3. The molecule has 0 bridgehead atoms. The molecule has 0 radical (unpaired) electrons. The van der Waals surface area contributed by atoms with Crippen molar-refractivity contribution in [3.8, 4) is 0 Å². The molecule has 0 spiro atoms. The zero-order valence-electron chi connectivity index (χ0n) is 19.2. The number of nitrogens with zero attached hydrogens (tertiary/aromatic N) is 3. The maximum absolute atomic E-state index is 13.1. The Labute approximate surface area is 207 Å². The molecule has 0 aromatic heterocycles. The number of hydrogen-bond acceptors (Lipinski definition) is 4. The number of benzene rings is 2. The Balaban J connectivity index is 1.98. The molecule has 194 valence electrons. The SMILES string of the molecule is CCOC(=O)C1(C)CN(C(=O)N(C)c2ccc(C(F)(F)F)cc2)N=C1c1ccc(C(F)(F)F)c(Cl)c1. The first-order valence-corrected chi connectivity index (χ1v) is 10.8. The molecular weight excluding hydrogens is 516 g/mol. The number of urea groups is 1. The van der Waals surface area contributed by atoms with Crippen LogP contribution in [-0.2, 0) is 21.9 Å². The van der Waals surface area contributed by atoms with Crippen molar-refractivity contribution in [3.63, 3.8) is 0 Å². The Bertz CT molecular complexity index is 1200. The number of anilines is 1. The summed E-state index contributed by atoms with van der Waals surface area (Å²) in [5.74, 6) is -0.771. The standard InChI is InChI=1S/C23H20ClF6N3O3/c1-4-36-19(34)21(2)12-33(20(35)32(3)15-8-6-14(7-9-15)22(25,26)27)31-18(21)13-5-10-16(17(24)11-13)23(28,29)30/h5-11H,4,12H2,1-3H3. The van der Waals surface area contributed by atoms with Gasteiger partial charge in [-0.15, -0.1) is 0 Å². The number of rotatable bonds is 4. The summed E-state index contributed by atoms with van der Waals surface area (Å²) in [6, 6.07) is 5.84. The molecule has 2 aromatic rings. The molecule has 0 N–H and O–H groups in total. The average Bonchev–Trinajstić information content (AvgIpc) is 3.15. The number of carbonyl (C=O) groups is 2. The molecule has 1 aliphatic rings. The van der Waals surface area contributed by atoms with Crippen molar-refractivity contribution in [3.05, 3.63) is 64.2 Å². The molecule has 36 heavy (non-hydrogen) atoms. The predicted molar refractivity (Wildman–Crippen MR) is 120 cm³/mol. The fourth-order valence-corrected chi connectivity index (χ4v) is 3.92. The summed E-state index contributed by atoms with van der Waals surface area (Å²) in [7, 11) is 1.30. The maximum atomic E-state index is 13.1. The molecule has 3 rings (SSSR count). The summed E-state index contributed by atoms with van der Waals surface area (Å²) in [6.07, 6.45) is -9.26. The monoisotopic (exact) mass is 535 g/mol. The van der Waals surface area contributed by atoms with Gasteiger partial charge in [0.25, 0.3) is 0 Å². The lowest BCUT2D eigenvalue weighted by Gasteiger charge is -2.26. The van der Waals surface area contributed by atoms with Gasteiger partial charge in [-0.1, -0.05) is 17.7 Å². The quantitative estimate of drug-likeness (QED) is 0.345. The van der Waals surface area contributed by atoms with Gasteiger partial charge in [0.05, 0.1) is 35.0 Å². The molecule has 13 heteroatoms. The second-order valence-corrected chi connectivity index (χ2v) is 8.54. The van der Waals surface area contributed by atoms with Crippen LogP contribution in [0.4, 0.5) is 36.8 Å². The highest BCUT2D eigenvalue weighted by Crippen LogP contribution is 2.39. The van der Waals surface area contributed by atoms with Crippen LogP contribution in [0.3, 0.4) is 0 Å². The molecule has 6 nitrogen and oxygen atoms in total. The average molecular weight is 536 g/mol. The first-order chi connectivity index (χ1) is 16.6. The van der Waals surface area contributed by atoms with E-state index in [2.05, 4.69) is 5.10 Å². The number of carbonyl (C=O) groups excluding carboxylic acids is 2. The Kier molecular flexibility index (Phi) is 7.31. The van der Waals surface area contributed by atoms with Crippen LogP contribution in [0.1, 0.15) is 30.5 Å². The van der Waals surface area contributed by atoms with Crippen LogP contribution in [0, 0.1) is 5.41 Å². The minimum absolute atomic E-state index is 0.00508. The Morgan fingerprint density at radius 1 is 1.08 bits per heavy atom. The number of ether oxygens (including phenoxy) is 1. The van der Waals surface area contributed by atoms with Crippen molar-refractivity contribution in [1.82, 2.24) is 5.01 Å². The van der Waals surface area contributed by atoms with Crippen molar-refractivity contribution in [2.75, 3.05) is 25.1 Å². The number of alkyl halides is 6. The van der Waals surface area contributed by atoms with Gasteiger partial charge in [0.15, 0.2) is 0 Å². The summed E-state index contributed by atoms with van der Waals surface area (Å²) in [5.41, 5.74) is -3.41. The normalized spacial score (nSPS) is 18.2. The van der Waals surface area contributed by atoms with Gasteiger partial charge >= 0.3 is 24.4 Å². The maximum Gasteiger partial charge on any atom is 0.417 e. The Hall–Kier alpha value is -3.28. The third-order valence-corrected chi connectivity index (χ3v) is 5.89. The van der Waals surface area contributed by atoms with Crippen LogP contribution in [0.15, 0.2) is 47.6 Å².